The molecule has 1 N–H and O–H groups in total. The Bertz CT molecular complexity index is 341. The third-order valence-electron chi connectivity index (χ3n) is 3.60. The average Bonchev–Trinajstić information content (AvgIpc) is 2.78. The Morgan fingerprint density at radius 3 is 2.78 bits per heavy atom. The molecule has 1 aliphatic rings. The fourth-order valence-electron chi connectivity index (χ4n) is 2.58. The lowest BCUT2D eigenvalue weighted by Crippen LogP contribution is -2.23. The van der Waals surface area contributed by atoms with Crippen LogP contribution < -0.4 is 5.32 Å². The van der Waals surface area contributed by atoms with E-state index in [4.69, 9.17) is 0 Å². The maximum Gasteiger partial charge on any atom is 0.165 e. The highest BCUT2D eigenvalue weighted by Gasteiger charge is 2.16. The van der Waals surface area contributed by atoms with Gasteiger partial charge in [-0.1, -0.05) is 33.1 Å². The van der Waals surface area contributed by atoms with Gasteiger partial charge in [0.15, 0.2) is 5.82 Å². The third-order valence-corrected chi connectivity index (χ3v) is 3.60. The second-order valence-corrected chi connectivity index (χ2v) is 5.81. The normalized spacial score (nSPS) is 17.5. The Morgan fingerprint density at radius 1 is 1.28 bits per heavy atom. The minimum atomic E-state index is 0.660. The molecule has 0 amide bonds. The van der Waals surface area contributed by atoms with Crippen LogP contribution in [0.3, 0.4) is 0 Å². The highest BCUT2D eigenvalue weighted by atomic mass is 15.5. The highest BCUT2D eigenvalue weighted by molar-refractivity contribution is 4.81. The molecule has 5 heteroatoms. The van der Waals surface area contributed by atoms with Crippen molar-refractivity contribution in [3.8, 4) is 0 Å². The van der Waals surface area contributed by atoms with E-state index in [1.807, 2.05) is 4.68 Å². The molecular weight excluding hydrogens is 226 g/mol. The van der Waals surface area contributed by atoms with Crippen LogP contribution in [-0.2, 0) is 13.1 Å². The summed E-state index contributed by atoms with van der Waals surface area (Å²) in [5.74, 6) is 2.40. The Morgan fingerprint density at radius 2 is 2.06 bits per heavy atom. The smallest absolute Gasteiger partial charge is 0.165 e. The van der Waals surface area contributed by atoms with E-state index >= 15 is 0 Å². The van der Waals surface area contributed by atoms with E-state index in [0.29, 0.717) is 5.92 Å². The van der Waals surface area contributed by atoms with E-state index in [2.05, 4.69) is 34.7 Å². The number of hydrogen-bond acceptors (Lipinski definition) is 4. The molecule has 0 radical (unpaired) electrons. The number of aromatic nitrogens is 4. The Hall–Kier alpha value is -0.970. The summed E-state index contributed by atoms with van der Waals surface area (Å²) in [6, 6.07) is 0. The number of nitrogens with zero attached hydrogens (tertiary/aromatic N) is 4. The molecule has 18 heavy (non-hydrogen) atoms. The molecule has 1 heterocycles. The van der Waals surface area contributed by atoms with Gasteiger partial charge in [-0.05, 0) is 41.6 Å². The van der Waals surface area contributed by atoms with Gasteiger partial charge in [0.25, 0.3) is 0 Å². The Kier molecular flexibility index (Phi) is 5.11. The number of nitrogens with one attached hydrogen (secondary N) is 1. The lowest BCUT2D eigenvalue weighted by Gasteiger charge is -2.21. The van der Waals surface area contributed by atoms with Crippen LogP contribution in [0.2, 0.25) is 0 Å². The van der Waals surface area contributed by atoms with Gasteiger partial charge >= 0.3 is 0 Å². The van der Waals surface area contributed by atoms with E-state index < -0.39 is 0 Å². The van der Waals surface area contributed by atoms with E-state index in [1.165, 1.54) is 32.1 Å². The van der Waals surface area contributed by atoms with Gasteiger partial charge in [0.1, 0.15) is 0 Å². The molecular formula is C13H25N5. The predicted molar refractivity (Wildman–Crippen MR) is 70.9 cm³/mol. The monoisotopic (exact) mass is 251 g/mol. The zero-order valence-electron chi connectivity index (χ0n) is 11.6. The first kappa shape index (κ1) is 13.5. The van der Waals surface area contributed by atoms with Crippen molar-refractivity contribution < 1.29 is 0 Å². The number of rotatable bonds is 6. The molecule has 0 unspecified atom stereocenters. The van der Waals surface area contributed by atoms with Gasteiger partial charge in [-0.2, -0.15) is 0 Å². The highest BCUT2D eigenvalue weighted by Crippen LogP contribution is 2.24. The summed E-state index contributed by atoms with van der Waals surface area (Å²) in [6.07, 6.45) is 6.80. The summed E-state index contributed by atoms with van der Waals surface area (Å²) >= 11 is 0. The minimum absolute atomic E-state index is 0.660. The molecule has 102 valence electrons. The first-order valence-electron chi connectivity index (χ1n) is 7.21. The van der Waals surface area contributed by atoms with Crippen LogP contribution in [0.1, 0.15) is 51.8 Å². The molecule has 0 aliphatic heterocycles. The average molecular weight is 251 g/mol. The van der Waals surface area contributed by atoms with Crippen molar-refractivity contribution in [1.29, 1.82) is 0 Å². The summed E-state index contributed by atoms with van der Waals surface area (Å²) in [5.41, 5.74) is 0. The van der Waals surface area contributed by atoms with Crippen LogP contribution >= 0.6 is 0 Å². The summed E-state index contributed by atoms with van der Waals surface area (Å²) in [6.45, 7) is 7.19. The van der Waals surface area contributed by atoms with Gasteiger partial charge in [0.2, 0.25) is 0 Å². The van der Waals surface area contributed by atoms with Crippen molar-refractivity contribution in [2.24, 2.45) is 11.8 Å². The molecule has 0 atom stereocenters. The predicted octanol–water partition coefficient (Wildman–Crippen LogP) is 2.00. The van der Waals surface area contributed by atoms with Gasteiger partial charge in [-0.3, -0.25) is 0 Å². The molecule has 2 rings (SSSR count). The molecule has 0 bridgehead atoms. The number of hydrogen-bond donors (Lipinski definition) is 1. The topological polar surface area (TPSA) is 55.6 Å². The van der Waals surface area contributed by atoms with Crippen molar-refractivity contribution in [1.82, 2.24) is 25.5 Å². The molecule has 1 saturated carbocycles. The van der Waals surface area contributed by atoms with Crippen molar-refractivity contribution in [2.75, 3.05) is 6.54 Å². The second-order valence-electron chi connectivity index (χ2n) is 5.81. The number of tetrazole rings is 1. The van der Waals surface area contributed by atoms with Crippen molar-refractivity contribution >= 4 is 0 Å². The first-order valence-corrected chi connectivity index (χ1v) is 7.21. The molecule has 1 aliphatic carbocycles. The maximum absolute atomic E-state index is 4.12. The zero-order valence-corrected chi connectivity index (χ0v) is 11.6. The second kappa shape index (κ2) is 6.83. The summed E-state index contributed by atoms with van der Waals surface area (Å²) in [4.78, 5) is 0. The Balaban J connectivity index is 1.82. The molecule has 1 aromatic rings. The van der Waals surface area contributed by atoms with Gasteiger partial charge in [-0.25, -0.2) is 4.68 Å². The molecule has 5 nitrogen and oxygen atoms in total. The quantitative estimate of drug-likeness (QED) is 0.840. The van der Waals surface area contributed by atoms with E-state index in [9.17, 15) is 0 Å². The van der Waals surface area contributed by atoms with E-state index in [-0.39, 0.29) is 0 Å². The Labute approximate surface area is 109 Å². The summed E-state index contributed by atoms with van der Waals surface area (Å²) < 4.78 is 1.99. The fourth-order valence-corrected chi connectivity index (χ4v) is 2.58. The van der Waals surface area contributed by atoms with Crippen molar-refractivity contribution in [3.05, 3.63) is 5.82 Å². The lowest BCUT2D eigenvalue weighted by atomic mass is 9.89. The third kappa shape index (κ3) is 4.05. The molecule has 0 saturated heterocycles. The van der Waals surface area contributed by atoms with Crippen molar-refractivity contribution in [2.45, 2.75) is 59.0 Å². The van der Waals surface area contributed by atoms with E-state index in [0.717, 1.165) is 31.4 Å². The van der Waals surface area contributed by atoms with Gasteiger partial charge in [0, 0.05) is 6.54 Å². The fraction of sp³-hybridized carbons (Fsp3) is 0.923. The molecule has 1 aromatic heterocycles. The van der Waals surface area contributed by atoms with Gasteiger partial charge < -0.3 is 5.32 Å². The van der Waals surface area contributed by atoms with Crippen LogP contribution in [0.5, 0.6) is 0 Å². The standard InChI is InChI=1S/C13H25N5/c1-11(2)8-14-9-13-15-16-17-18(13)10-12-6-4-3-5-7-12/h11-12,14H,3-10H2,1-2H3. The maximum atomic E-state index is 4.12. The van der Waals surface area contributed by atoms with Crippen LogP contribution in [0.25, 0.3) is 0 Å². The molecule has 0 aromatic carbocycles. The van der Waals surface area contributed by atoms with E-state index in [1.54, 1.807) is 0 Å². The largest absolute Gasteiger partial charge is 0.310 e. The van der Waals surface area contributed by atoms with Crippen LogP contribution in [0.15, 0.2) is 0 Å². The lowest BCUT2D eigenvalue weighted by molar-refractivity contribution is 0.300. The first-order chi connectivity index (χ1) is 8.75. The molecule has 1 fully saturated rings. The summed E-state index contributed by atoms with van der Waals surface area (Å²) in [7, 11) is 0. The van der Waals surface area contributed by atoms with Gasteiger partial charge in [-0.15, -0.1) is 5.10 Å². The van der Waals surface area contributed by atoms with Crippen LogP contribution in [-0.4, -0.2) is 26.8 Å². The minimum Gasteiger partial charge on any atom is -0.310 e. The van der Waals surface area contributed by atoms with Crippen molar-refractivity contribution in [3.63, 3.8) is 0 Å². The van der Waals surface area contributed by atoms with Crippen LogP contribution in [0.4, 0.5) is 0 Å². The SMILES string of the molecule is CC(C)CNCc1nnnn1CC1CCCCC1. The van der Waals surface area contributed by atoms with Crippen LogP contribution in [0, 0.1) is 11.8 Å². The van der Waals surface area contributed by atoms with Gasteiger partial charge in [0.05, 0.1) is 6.54 Å². The summed E-state index contributed by atoms with van der Waals surface area (Å²) in [5, 5.41) is 15.5. The zero-order chi connectivity index (χ0) is 12.8. The molecule has 0 spiro atoms.